The standard InChI is InChI=1S/C20H19N3O4/c1-27-20(26)15-9-7-13(8-10-15)11-22-23-19(25)17-16(12-21-18(17)24)14-5-3-2-4-6-14/h2-11,16-17H,12H2,1H3,(H,21,24)(H,23,25)/b22-11+/t16-,17-/m0/s1. The van der Waals surface area contributed by atoms with E-state index in [1.807, 2.05) is 30.3 Å². The zero-order valence-electron chi connectivity index (χ0n) is 14.7. The minimum Gasteiger partial charge on any atom is -0.465 e. The van der Waals surface area contributed by atoms with Crippen LogP contribution in [0.25, 0.3) is 0 Å². The average Bonchev–Trinajstić information content (AvgIpc) is 3.10. The number of nitrogens with zero attached hydrogens (tertiary/aromatic N) is 1. The van der Waals surface area contributed by atoms with Crippen LogP contribution in [-0.4, -0.2) is 37.7 Å². The van der Waals surface area contributed by atoms with E-state index >= 15 is 0 Å². The second kappa shape index (κ2) is 8.27. The monoisotopic (exact) mass is 365 g/mol. The molecular formula is C20H19N3O4. The Morgan fingerprint density at radius 2 is 1.85 bits per heavy atom. The summed E-state index contributed by atoms with van der Waals surface area (Å²) in [6.45, 7) is 0.416. The van der Waals surface area contributed by atoms with Crippen molar-refractivity contribution in [1.82, 2.24) is 10.7 Å². The number of rotatable bonds is 5. The maximum atomic E-state index is 12.5. The molecule has 0 saturated carbocycles. The SMILES string of the molecule is COC(=O)c1ccc(/C=N/NC(=O)[C@@H]2C(=O)NC[C@H]2c2ccccc2)cc1. The van der Waals surface area contributed by atoms with Gasteiger partial charge in [0.2, 0.25) is 5.91 Å². The highest BCUT2D eigenvalue weighted by Crippen LogP contribution is 2.28. The van der Waals surface area contributed by atoms with Gasteiger partial charge in [-0.3, -0.25) is 9.59 Å². The Morgan fingerprint density at radius 3 is 2.52 bits per heavy atom. The van der Waals surface area contributed by atoms with E-state index in [9.17, 15) is 14.4 Å². The molecule has 7 heteroatoms. The van der Waals surface area contributed by atoms with Gasteiger partial charge in [0.1, 0.15) is 5.92 Å². The molecule has 2 aromatic carbocycles. The number of hydrogen-bond acceptors (Lipinski definition) is 5. The molecule has 0 unspecified atom stereocenters. The molecule has 2 amide bonds. The van der Waals surface area contributed by atoms with Crippen molar-refractivity contribution in [2.75, 3.05) is 13.7 Å². The maximum absolute atomic E-state index is 12.5. The molecule has 1 aliphatic heterocycles. The van der Waals surface area contributed by atoms with E-state index in [0.717, 1.165) is 5.56 Å². The van der Waals surface area contributed by atoms with Gasteiger partial charge >= 0.3 is 5.97 Å². The lowest BCUT2D eigenvalue weighted by atomic mass is 9.88. The molecule has 27 heavy (non-hydrogen) atoms. The third-order valence-electron chi connectivity index (χ3n) is 4.41. The molecule has 2 N–H and O–H groups in total. The Hall–Kier alpha value is -3.48. The summed E-state index contributed by atoms with van der Waals surface area (Å²) in [4.78, 5) is 36.0. The van der Waals surface area contributed by atoms with Gasteiger partial charge in [0.15, 0.2) is 0 Å². The molecule has 0 radical (unpaired) electrons. The molecule has 2 atom stereocenters. The molecule has 1 heterocycles. The number of carbonyl (C=O) groups excluding carboxylic acids is 3. The Balaban J connectivity index is 1.65. The first-order valence-electron chi connectivity index (χ1n) is 8.44. The summed E-state index contributed by atoms with van der Waals surface area (Å²) in [7, 11) is 1.31. The summed E-state index contributed by atoms with van der Waals surface area (Å²) in [6.07, 6.45) is 1.45. The van der Waals surface area contributed by atoms with E-state index in [4.69, 9.17) is 0 Å². The fraction of sp³-hybridized carbons (Fsp3) is 0.200. The van der Waals surface area contributed by atoms with Crippen LogP contribution in [-0.2, 0) is 14.3 Å². The third kappa shape index (κ3) is 4.20. The van der Waals surface area contributed by atoms with Gasteiger partial charge in [-0.05, 0) is 23.3 Å². The molecule has 0 bridgehead atoms. The number of hydrazone groups is 1. The van der Waals surface area contributed by atoms with Crippen LogP contribution in [0.1, 0.15) is 27.4 Å². The van der Waals surface area contributed by atoms with Crippen LogP contribution < -0.4 is 10.7 Å². The van der Waals surface area contributed by atoms with E-state index < -0.39 is 17.8 Å². The van der Waals surface area contributed by atoms with Crippen molar-refractivity contribution in [2.24, 2.45) is 11.0 Å². The number of ether oxygens (including phenoxy) is 1. The number of nitrogens with one attached hydrogen (secondary N) is 2. The zero-order chi connectivity index (χ0) is 19.2. The summed E-state index contributed by atoms with van der Waals surface area (Å²) in [5.74, 6) is -2.24. The smallest absolute Gasteiger partial charge is 0.337 e. The highest BCUT2D eigenvalue weighted by atomic mass is 16.5. The molecule has 1 aliphatic rings. The van der Waals surface area contributed by atoms with E-state index in [1.54, 1.807) is 24.3 Å². The predicted molar refractivity (Wildman–Crippen MR) is 99.2 cm³/mol. The molecule has 1 fully saturated rings. The second-order valence-corrected chi connectivity index (χ2v) is 6.09. The van der Waals surface area contributed by atoms with Gasteiger partial charge in [0.05, 0.1) is 18.9 Å². The zero-order valence-corrected chi connectivity index (χ0v) is 14.7. The topological polar surface area (TPSA) is 96.9 Å². The molecule has 0 spiro atoms. The first-order valence-corrected chi connectivity index (χ1v) is 8.44. The van der Waals surface area contributed by atoms with Crippen LogP contribution in [0.4, 0.5) is 0 Å². The van der Waals surface area contributed by atoms with Crippen molar-refractivity contribution in [3.05, 3.63) is 71.3 Å². The summed E-state index contributed by atoms with van der Waals surface area (Å²) < 4.78 is 4.63. The van der Waals surface area contributed by atoms with Crippen LogP contribution in [0.3, 0.4) is 0 Å². The summed E-state index contributed by atoms with van der Waals surface area (Å²) in [5.41, 5.74) is 4.48. The molecule has 1 saturated heterocycles. The number of benzene rings is 2. The summed E-state index contributed by atoms with van der Waals surface area (Å²) in [5, 5.41) is 6.66. The molecule has 3 rings (SSSR count). The lowest BCUT2D eigenvalue weighted by molar-refractivity contribution is -0.133. The number of hydrogen-bond donors (Lipinski definition) is 2. The lowest BCUT2D eigenvalue weighted by Crippen LogP contribution is -2.34. The van der Waals surface area contributed by atoms with Gasteiger partial charge in [0.25, 0.3) is 5.91 Å². The van der Waals surface area contributed by atoms with Gasteiger partial charge in [0, 0.05) is 12.5 Å². The lowest BCUT2D eigenvalue weighted by Gasteiger charge is -2.15. The van der Waals surface area contributed by atoms with Gasteiger partial charge < -0.3 is 10.1 Å². The predicted octanol–water partition coefficient (Wildman–Crippen LogP) is 1.45. The average molecular weight is 365 g/mol. The van der Waals surface area contributed by atoms with E-state index in [1.165, 1.54) is 13.3 Å². The van der Waals surface area contributed by atoms with Crippen LogP contribution in [0.2, 0.25) is 0 Å². The van der Waals surface area contributed by atoms with Crippen LogP contribution in [0.5, 0.6) is 0 Å². The largest absolute Gasteiger partial charge is 0.465 e. The van der Waals surface area contributed by atoms with Gasteiger partial charge in [-0.1, -0.05) is 42.5 Å². The van der Waals surface area contributed by atoms with Gasteiger partial charge in [-0.2, -0.15) is 5.10 Å². The molecule has 138 valence electrons. The van der Waals surface area contributed by atoms with Crippen LogP contribution >= 0.6 is 0 Å². The normalized spacial score (nSPS) is 18.9. The van der Waals surface area contributed by atoms with Crippen molar-refractivity contribution >= 4 is 24.0 Å². The first-order chi connectivity index (χ1) is 13.1. The highest BCUT2D eigenvalue weighted by Gasteiger charge is 2.40. The molecule has 7 nitrogen and oxygen atoms in total. The van der Waals surface area contributed by atoms with Gasteiger partial charge in [-0.25, -0.2) is 10.2 Å². The molecule has 2 aromatic rings. The number of esters is 1. The number of methoxy groups -OCH3 is 1. The van der Waals surface area contributed by atoms with Crippen molar-refractivity contribution in [3.8, 4) is 0 Å². The van der Waals surface area contributed by atoms with Crippen molar-refractivity contribution in [1.29, 1.82) is 0 Å². The van der Waals surface area contributed by atoms with E-state index in [-0.39, 0.29) is 11.8 Å². The first kappa shape index (κ1) is 18.3. The van der Waals surface area contributed by atoms with Crippen LogP contribution in [0.15, 0.2) is 59.7 Å². The number of amides is 2. The minimum absolute atomic E-state index is 0.228. The summed E-state index contributed by atoms with van der Waals surface area (Å²) in [6, 6.07) is 16.0. The third-order valence-corrected chi connectivity index (χ3v) is 4.41. The van der Waals surface area contributed by atoms with Crippen molar-refractivity contribution in [2.45, 2.75) is 5.92 Å². The van der Waals surface area contributed by atoms with Crippen molar-refractivity contribution in [3.63, 3.8) is 0 Å². The summed E-state index contributed by atoms with van der Waals surface area (Å²) >= 11 is 0. The quantitative estimate of drug-likeness (QED) is 0.363. The molecule has 0 aromatic heterocycles. The number of carbonyl (C=O) groups is 3. The fourth-order valence-corrected chi connectivity index (χ4v) is 3.00. The highest BCUT2D eigenvalue weighted by molar-refractivity contribution is 6.03. The second-order valence-electron chi connectivity index (χ2n) is 6.09. The van der Waals surface area contributed by atoms with Crippen LogP contribution in [0, 0.1) is 5.92 Å². The fourth-order valence-electron chi connectivity index (χ4n) is 3.00. The maximum Gasteiger partial charge on any atom is 0.337 e. The van der Waals surface area contributed by atoms with Crippen molar-refractivity contribution < 1.29 is 19.1 Å². The van der Waals surface area contributed by atoms with E-state index in [0.29, 0.717) is 17.7 Å². The minimum atomic E-state index is -0.828. The Morgan fingerprint density at radius 1 is 1.15 bits per heavy atom. The molecular weight excluding hydrogens is 346 g/mol. The van der Waals surface area contributed by atoms with Gasteiger partial charge in [-0.15, -0.1) is 0 Å². The molecule has 0 aliphatic carbocycles. The Kier molecular flexibility index (Phi) is 5.61. The Labute approximate surface area is 156 Å². The van der Waals surface area contributed by atoms with E-state index in [2.05, 4.69) is 20.6 Å². The Bertz CT molecular complexity index is 863.